The molecule has 3 rings (SSSR count). The van der Waals surface area contributed by atoms with E-state index in [1.807, 2.05) is 35.8 Å². The maximum absolute atomic E-state index is 12.4. The number of alkyl halides is 3. The van der Waals surface area contributed by atoms with Gasteiger partial charge < -0.3 is 18.8 Å². The van der Waals surface area contributed by atoms with E-state index in [2.05, 4.69) is 16.6 Å². The minimum atomic E-state index is -4.73. The zero-order valence-electron chi connectivity index (χ0n) is 19.6. The molecule has 5 nitrogen and oxygen atoms in total. The van der Waals surface area contributed by atoms with Crippen molar-refractivity contribution in [3.63, 3.8) is 0 Å². The number of benzene rings is 2. The van der Waals surface area contributed by atoms with Gasteiger partial charge in [-0.3, -0.25) is 0 Å². The molecule has 0 aliphatic rings. The lowest BCUT2D eigenvalue weighted by molar-refractivity contribution is -0.274. The van der Waals surface area contributed by atoms with Gasteiger partial charge in [0, 0.05) is 29.4 Å². The summed E-state index contributed by atoms with van der Waals surface area (Å²) in [5.41, 5.74) is 2.57. The van der Waals surface area contributed by atoms with Crippen molar-refractivity contribution in [1.82, 2.24) is 9.55 Å². The third-order valence-corrected chi connectivity index (χ3v) is 5.44. The molecule has 0 N–H and O–H groups in total. The molecule has 0 aliphatic carbocycles. The number of imidazole rings is 1. The van der Waals surface area contributed by atoms with Crippen LogP contribution >= 0.6 is 0 Å². The van der Waals surface area contributed by atoms with Crippen molar-refractivity contribution in [2.75, 3.05) is 6.61 Å². The Morgan fingerprint density at radius 3 is 2.50 bits per heavy atom. The molecule has 2 aromatic carbocycles. The molecule has 3 aromatic rings. The van der Waals surface area contributed by atoms with Crippen LogP contribution in [-0.2, 0) is 11.3 Å². The second kappa shape index (κ2) is 11.2. The van der Waals surface area contributed by atoms with Crippen LogP contribution in [0.5, 0.6) is 11.5 Å². The summed E-state index contributed by atoms with van der Waals surface area (Å²) in [7, 11) is 0. The molecule has 8 heteroatoms. The minimum absolute atomic E-state index is 0.202. The molecule has 0 bridgehead atoms. The standard InChI is InChI=1S/C26H29F3N2O3/c1-18(15-20(3)32)7-6-14-33-24-9-5-4-8-22(24)17-31-19(2)16-30-25(31)21-10-12-23(13-11-21)34-26(27,28)29/h4-5,8-13,16,18H,6-7,14-15,17H2,1-3H3/t18-/m1/s1. The lowest BCUT2D eigenvalue weighted by Gasteiger charge is -2.16. The predicted molar refractivity (Wildman–Crippen MR) is 124 cm³/mol. The van der Waals surface area contributed by atoms with E-state index in [-0.39, 0.29) is 11.5 Å². The third kappa shape index (κ3) is 7.37. The zero-order valence-corrected chi connectivity index (χ0v) is 19.6. The SMILES string of the molecule is CC(=O)C[C@H](C)CCCOc1ccccc1Cn1c(C)cnc1-c1ccc(OC(F)(F)F)cc1. The van der Waals surface area contributed by atoms with Gasteiger partial charge in [-0.05, 0) is 62.9 Å². The molecule has 0 spiro atoms. The molecule has 0 saturated carbocycles. The molecule has 1 atom stereocenters. The average Bonchev–Trinajstić information content (AvgIpc) is 3.11. The van der Waals surface area contributed by atoms with Crippen LogP contribution in [0.15, 0.2) is 54.7 Å². The van der Waals surface area contributed by atoms with Gasteiger partial charge in [-0.1, -0.05) is 25.1 Å². The number of hydrogen-bond acceptors (Lipinski definition) is 4. The van der Waals surface area contributed by atoms with E-state index >= 15 is 0 Å². The molecule has 0 aliphatic heterocycles. The van der Waals surface area contributed by atoms with Crippen molar-refractivity contribution in [3.05, 3.63) is 66.0 Å². The van der Waals surface area contributed by atoms with Crippen molar-refractivity contribution in [1.29, 1.82) is 0 Å². The van der Waals surface area contributed by atoms with Crippen LogP contribution in [0.1, 0.15) is 44.4 Å². The molecule has 0 amide bonds. The number of halogens is 3. The number of nitrogens with zero attached hydrogens (tertiary/aromatic N) is 2. The number of para-hydroxylation sites is 1. The highest BCUT2D eigenvalue weighted by Gasteiger charge is 2.31. The molecule has 0 unspecified atom stereocenters. The maximum atomic E-state index is 12.4. The molecule has 34 heavy (non-hydrogen) atoms. The first-order chi connectivity index (χ1) is 16.1. The fraction of sp³-hybridized carbons (Fsp3) is 0.385. The number of carbonyl (C=O) groups is 1. The fourth-order valence-corrected chi connectivity index (χ4v) is 3.85. The van der Waals surface area contributed by atoms with Crippen molar-refractivity contribution in [2.24, 2.45) is 5.92 Å². The molecule has 182 valence electrons. The Morgan fingerprint density at radius 1 is 1.12 bits per heavy atom. The van der Waals surface area contributed by atoms with Crippen LogP contribution in [0, 0.1) is 12.8 Å². The van der Waals surface area contributed by atoms with E-state index in [9.17, 15) is 18.0 Å². The number of ketones is 1. The lowest BCUT2D eigenvalue weighted by atomic mass is 10.00. The Labute approximate surface area is 197 Å². The maximum Gasteiger partial charge on any atom is 0.573 e. The number of rotatable bonds is 11. The van der Waals surface area contributed by atoms with E-state index in [1.54, 1.807) is 25.3 Å². The van der Waals surface area contributed by atoms with Gasteiger partial charge in [0.05, 0.1) is 13.2 Å². The van der Waals surface area contributed by atoms with Crippen molar-refractivity contribution < 1.29 is 27.4 Å². The second-order valence-corrected chi connectivity index (χ2v) is 8.49. The Bertz CT molecular complexity index is 1090. The van der Waals surface area contributed by atoms with Gasteiger partial charge in [-0.15, -0.1) is 13.2 Å². The largest absolute Gasteiger partial charge is 0.573 e. The summed E-state index contributed by atoms with van der Waals surface area (Å²) in [6.45, 7) is 6.66. The molecule has 1 heterocycles. The normalized spacial score (nSPS) is 12.4. The summed E-state index contributed by atoms with van der Waals surface area (Å²) >= 11 is 0. The molecular formula is C26H29F3N2O3. The Kier molecular flexibility index (Phi) is 8.36. The van der Waals surface area contributed by atoms with Gasteiger partial charge >= 0.3 is 6.36 Å². The van der Waals surface area contributed by atoms with Crippen LogP contribution < -0.4 is 9.47 Å². The number of Topliss-reactive ketones (excluding diaryl/α,β-unsaturated/α-hetero) is 1. The topological polar surface area (TPSA) is 53.4 Å². The first-order valence-electron chi connectivity index (χ1n) is 11.2. The lowest BCUT2D eigenvalue weighted by Crippen LogP contribution is -2.17. The van der Waals surface area contributed by atoms with E-state index in [1.165, 1.54) is 12.1 Å². The van der Waals surface area contributed by atoms with Crippen molar-refractivity contribution >= 4 is 5.78 Å². The number of aromatic nitrogens is 2. The van der Waals surface area contributed by atoms with E-state index in [0.29, 0.717) is 36.9 Å². The molecule has 0 fully saturated rings. The quantitative estimate of drug-likeness (QED) is 0.295. The van der Waals surface area contributed by atoms with Gasteiger partial charge in [-0.2, -0.15) is 0 Å². The summed E-state index contributed by atoms with van der Waals surface area (Å²) in [4.78, 5) is 15.7. The number of carbonyl (C=O) groups excluding carboxylic acids is 1. The molecular weight excluding hydrogens is 445 g/mol. The smallest absolute Gasteiger partial charge is 0.493 e. The van der Waals surface area contributed by atoms with Crippen LogP contribution in [0.3, 0.4) is 0 Å². The molecule has 1 aromatic heterocycles. The Balaban J connectivity index is 1.70. The van der Waals surface area contributed by atoms with Gasteiger partial charge in [0.15, 0.2) is 0 Å². The summed E-state index contributed by atoms with van der Waals surface area (Å²) in [5.74, 6) is 1.68. The fourth-order valence-electron chi connectivity index (χ4n) is 3.85. The van der Waals surface area contributed by atoms with E-state index < -0.39 is 6.36 Å². The van der Waals surface area contributed by atoms with E-state index in [4.69, 9.17) is 4.74 Å². The number of ether oxygens (including phenoxy) is 2. The van der Waals surface area contributed by atoms with Crippen LogP contribution in [0.4, 0.5) is 13.2 Å². The van der Waals surface area contributed by atoms with Crippen molar-refractivity contribution in [3.8, 4) is 22.9 Å². The highest BCUT2D eigenvalue weighted by molar-refractivity contribution is 5.75. The van der Waals surface area contributed by atoms with Crippen molar-refractivity contribution in [2.45, 2.75) is 52.9 Å². The molecule has 0 saturated heterocycles. The first kappa shape index (κ1) is 25.3. The summed E-state index contributed by atoms with van der Waals surface area (Å²) in [6, 6.07) is 13.4. The van der Waals surface area contributed by atoms with Crippen LogP contribution in [0.25, 0.3) is 11.4 Å². The highest BCUT2D eigenvalue weighted by atomic mass is 19.4. The summed E-state index contributed by atoms with van der Waals surface area (Å²) in [5, 5.41) is 0. The van der Waals surface area contributed by atoms with Crippen LogP contribution in [-0.4, -0.2) is 28.3 Å². The van der Waals surface area contributed by atoms with Gasteiger partial charge in [0.25, 0.3) is 0 Å². The van der Waals surface area contributed by atoms with Gasteiger partial charge in [0.1, 0.15) is 23.1 Å². The monoisotopic (exact) mass is 474 g/mol. The Hall–Kier alpha value is -3.29. The summed E-state index contributed by atoms with van der Waals surface area (Å²) in [6.07, 6.45) is -0.644. The second-order valence-electron chi connectivity index (χ2n) is 8.49. The number of hydrogen-bond donors (Lipinski definition) is 0. The van der Waals surface area contributed by atoms with E-state index in [0.717, 1.165) is 29.8 Å². The zero-order chi connectivity index (χ0) is 24.7. The minimum Gasteiger partial charge on any atom is -0.493 e. The predicted octanol–water partition coefficient (Wildman–Crippen LogP) is 6.58. The van der Waals surface area contributed by atoms with Crippen LogP contribution in [0.2, 0.25) is 0 Å². The van der Waals surface area contributed by atoms with Gasteiger partial charge in [-0.25, -0.2) is 4.98 Å². The average molecular weight is 475 g/mol. The Morgan fingerprint density at radius 2 is 1.82 bits per heavy atom. The summed E-state index contributed by atoms with van der Waals surface area (Å²) < 4.78 is 49.4. The number of aryl methyl sites for hydroxylation is 1. The molecule has 0 radical (unpaired) electrons. The third-order valence-electron chi connectivity index (χ3n) is 5.44. The highest BCUT2D eigenvalue weighted by Crippen LogP contribution is 2.28. The van der Waals surface area contributed by atoms with Gasteiger partial charge in [0.2, 0.25) is 0 Å². The first-order valence-corrected chi connectivity index (χ1v) is 11.2.